The first kappa shape index (κ1) is 12.9. The molecule has 0 unspecified atom stereocenters. The summed E-state index contributed by atoms with van der Waals surface area (Å²) in [6.45, 7) is 0. The van der Waals surface area contributed by atoms with E-state index in [2.05, 4.69) is 25.9 Å². The van der Waals surface area contributed by atoms with Crippen molar-refractivity contribution in [2.75, 3.05) is 0 Å². The number of nitrogens with zero attached hydrogens (tertiary/aromatic N) is 2. The van der Waals surface area contributed by atoms with Gasteiger partial charge in [-0.05, 0) is 23.8 Å². The van der Waals surface area contributed by atoms with Crippen LogP contribution in [0.3, 0.4) is 0 Å². The van der Waals surface area contributed by atoms with E-state index in [1.165, 1.54) is 0 Å². The zero-order chi connectivity index (χ0) is 13.9. The Labute approximate surface area is 124 Å². The molecule has 0 N–H and O–H groups in total. The highest BCUT2D eigenvalue weighted by atomic mass is 79.9. The standard InChI is InChI=1S/C16H11BrN2O/c17-13-6-2-1-4-11(13)10-15(20)12-5-3-7-14-16(12)19-9-8-18-14/h1-9H,10H2. The quantitative estimate of drug-likeness (QED) is 0.687. The molecule has 0 amide bonds. The number of benzene rings is 2. The highest BCUT2D eigenvalue weighted by molar-refractivity contribution is 9.10. The van der Waals surface area contributed by atoms with Crippen LogP contribution in [0.4, 0.5) is 0 Å². The predicted octanol–water partition coefficient (Wildman–Crippen LogP) is 3.82. The fraction of sp³-hybridized carbons (Fsp3) is 0.0625. The summed E-state index contributed by atoms with van der Waals surface area (Å²) in [4.78, 5) is 21.0. The Morgan fingerprint density at radius 2 is 1.80 bits per heavy atom. The van der Waals surface area contributed by atoms with Crippen molar-refractivity contribution >= 4 is 32.7 Å². The Balaban J connectivity index is 1.99. The molecule has 3 nitrogen and oxygen atoms in total. The number of fused-ring (bicyclic) bond motifs is 1. The lowest BCUT2D eigenvalue weighted by Gasteiger charge is -2.06. The Hall–Kier alpha value is -2.07. The van der Waals surface area contributed by atoms with Crippen molar-refractivity contribution in [3.05, 3.63) is 70.5 Å². The van der Waals surface area contributed by atoms with E-state index in [9.17, 15) is 4.79 Å². The van der Waals surface area contributed by atoms with E-state index in [0.29, 0.717) is 17.5 Å². The van der Waals surface area contributed by atoms with Gasteiger partial charge in [-0.1, -0.05) is 40.2 Å². The zero-order valence-corrected chi connectivity index (χ0v) is 12.2. The zero-order valence-electron chi connectivity index (χ0n) is 10.6. The molecule has 0 spiro atoms. The third kappa shape index (κ3) is 2.47. The lowest BCUT2D eigenvalue weighted by molar-refractivity contribution is 0.0994. The first-order chi connectivity index (χ1) is 9.75. The van der Waals surface area contributed by atoms with Gasteiger partial charge in [0.05, 0.1) is 11.0 Å². The molecule has 0 bridgehead atoms. The molecule has 20 heavy (non-hydrogen) atoms. The van der Waals surface area contributed by atoms with E-state index < -0.39 is 0 Å². The second kappa shape index (κ2) is 5.51. The number of Topliss-reactive ketones (excluding diaryl/α,β-unsaturated/α-hetero) is 1. The summed E-state index contributed by atoms with van der Waals surface area (Å²) in [7, 11) is 0. The van der Waals surface area contributed by atoms with Crippen molar-refractivity contribution in [1.29, 1.82) is 0 Å². The fourth-order valence-electron chi connectivity index (χ4n) is 2.13. The Bertz CT molecular complexity index is 781. The lowest BCUT2D eigenvalue weighted by Crippen LogP contribution is -2.05. The summed E-state index contributed by atoms with van der Waals surface area (Å²) in [5.74, 6) is 0.0444. The summed E-state index contributed by atoms with van der Waals surface area (Å²) in [6, 6.07) is 13.2. The minimum Gasteiger partial charge on any atom is -0.294 e. The number of para-hydroxylation sites is 1. The highest BCUT2D eigenvalue weighted by Crippen LogP contribution is 2.20. The maximum Gasteiger partial charge on any atom is 0.169 e. The van der Waals surface area contributed by atoms with Crippen LogP contribution >= 0.6 is 15.9 Å². The van der Waals surface area contributed by atoms with Crippen molar-refractivity contribution in [3.8, 4) is 0 Å². The van der Waals surface area contributed by atoms with Crippen molar-refractivity contribution in [2.45, 2.75) is 6.42 Å². The van der Waals surface area contributed by atoms with Crippen LogP contribution in [-0.4, -0.2) is 15.8 Å². The van der Waals surface area contributed by atoms with Crippen LogP contribution in [0.25, 0.3) is 11.0 Å². The van der Waals surface area contributed by atoms with E-state index in [1.54, 1.807) is 18.5 Å². The molecular weight excluding hydrogens is 316 g/mol. The second-order valence-corrected chi connectivity index (χ2v) is 5.28. The molecule has 3 aromatic rings. The highest BCUT2D eigenvalue weighted by Gasteiger charge is 2.13. The fourth-order valence-corrected chi connectivity index (χ4v) is 2.55. The van der Waals surface area contributed by atoms with Gasteiger partial charge >= 0.3 is 0 Å². The van der Waals surface area contributed by atoms with Gasteiger partial charge in [0.25, 0.3) is 0 Å². The molecule has 2 aromatic carbocycles. The minimum atomic E-state index is 0.0444. The van der Waals surface area contributed by atoms with Crippen LogP contribution < -0.4 is 0 Å². The average molecular weight is 327 g/mol. The monoisotopic (exact) mass is 326 g/mol. The maximum atomic E-state index is 12.5. The number of aromatic nitrogens is 2. The summed E-state index contributed by atoms with van der Waals surface area (Å²) in [5, 5.41) is 0. The second-order valence-electron chi connectivity index (χ2n) is 4.42. The molecule has 4 heteroatoms. The average Bonchev–Trinajstić information content (AvgIpc) is 2.49. The summed E-state index contributed by atoms with van der Waals surface area (Å²) >= 11 is 3.47. The summed E-state index contributed by atoms with van der Waals surface area (Å²) in [5.41, 5.74) is 2.99. The third-order valence-electron chi connectivity index (χ3n) is 3.11. The third-order valence-corrected chi connectivity index (χ3v) is 3.88. The number of rotatable bonds is 3. The maximum absolute atomic E-state index is 12.5. The number of ketones is 1. The Morgan fingerprint density at radius 3 is 2.65 bits per heavy atom. The lowest BCUT2D eigenvalue weighted by atomic mass is 10.0. The van der Waals surface area contributed by atoms with Crippen molar-refractivity contribution in [2.24, 2.45) is 0 Å². The molecule has 0 aliphatic heterocycles. The van der Waals surface area contributed by atoms with Gasteiger partial charge < -0.3 is 0 Å². The number of hydrogen-bond acceptors (Lipinski definition) is 3. The van der Waals surface area contributed by atoms with Gasteiger partial charge in [0.1, 0.15) is 0 Å². The molecule has 0 saturated heterocycles. The number of hydrogen-bond donors (Lipinski definition) is 0. The van der Waals surface area contributed by atoms with Gasteiger partial charge in [-0.25, -0.2) is 0 Å². The molecular formula is C16H11BrN2O. The summed E-state index contributed by atoms with van der Waals surface area (Å²) < 4.78 is 0.944. The van der Waals surface area contributed by atoms with Crippen LogP contribution in [0.1, 0.15) is 15.9 Å². The largest absolute Gasteiger partial charge is 0.294 e. The van der Waals surface area contributed by atoms with Crippen LogP contribution in [0.2, 0.25) is 0 Å². The van der Waals surface area contributed by atoms with Gasteiger partial charge in [-0.15, -0.1) is 0 Å². The van der Waals surface area contributed by atoms with Gasteiger partial charge in [-0.2, -0.15) is 0 Å². The smallest absolute Gasteiger partial charge is 0.169 e. The van der Waals surface area contributed by atoms with Crippen LogP contribution in [0.5, 0.6) is 0 Å². The van der Waals surface area contributed by atoms with E-state index in [-0.39, 0.29) is 5.78 Å². The van der Waals surface area contributed by atoms with Gasteiger partial charge in [0.2, 0.25) is 0 Å². The van der Waals surface area contributed by atoms with E-state index in [0.717, 1.165) is 15.6 Å². The first-order valence-corrected chi connectivity index (χ1v) is 7.01. The molecule has 98 valence electrons. The summed E-state index contributed by atoms with van der Waals surface area (Å²) in [6.07, 6.45) is 3.58. The van der Waals surface area contributed by atoms with Gasteiger partial charge in [-0.3, -0.25) is 14.8 Å². The molecule has 0 saturated carbocycles. The molecule has 0 fully saturated rings. The Morgan fingerprint density at radius 1 is 1.00 bits per heavy atom. The molecule has 1 heterocycles. The van der Waals surface area contributed by atoms with E-state index in [1.807, 2.05) is 36.4 Å². The topological polar surface area (TPSA) is 42.9 Å². The minimum absolute atomic E-state index is 0.0444. The molecule has 0 atom stereocenters. The normalized spacial score (nSPS) is 10.7. The van der Waals surface area contributed by atoms with Crippen molar-refractivity contribution in [3.63, 3.8) is 0 Å². The molecule has 0 radical (unpaired) electrons. The van der Waals surface area contributed by atoms with Crippen molar-refractivity contribution < 1.29 is 4.79 Å². The van der Waals surface area contributed by atoms with Gasteiger partial charge in [0.15, 0.2) is 5.78 Å². The molecule has 3 rings (SSSR count). The number of carbonyl (C=O) groups is 1. The van der Waals surface area contributed by atoms with Gasteiger partial charge in [0, 0.05) is 28.9 Å². The van der Waals surface area contributed by atoms with Crippen LogP contribution in [0.15, 0.2) is 59.3 Å². The first-order valence-electron chi connectivity index (χ1n) is 6.22. The molecule has 0 aliphatic carbocycles. The predicted molar refractivity (Wildman–Crippen MR) is 81.7 cm³/mol. The Kier molecular flexibility index (Phi) is 3.56. The SMILES string of the molecule is O=C(Cc1ccccc1Br)c1cccc2nccnc12. The number of halogens is 1. The van der Waals surface area contributed by atoms with Crippen LogP contribution in [0, 0.1) is 0 Å². The molecule has 1 aromatic heterocycles. The van der Waals surface area contributed by atoms with E-state index >= 15 is 0 Å². The van der Waals surface area contributed by atoms with Crippen molar-refractivity contribution in [1.82, 2.24) is 9.97 Å². The molecule has 0 aliphatic rings. The van der Waals surface area contributed by atoms with Crippen LogP contribution in [-0.2, 0) is 6.42 Å². The van der Waals surface area contributed by atoms with E-state index in [4.69, 9.17) is 0 Å². The number of carbonyl (C=O) groups excluding carboxylic acids is 1.